The quantitative estimate of drug-likeness (QED) is 0.493. The van der Waals surface area contributed by atoms with Crippen molar-refractivity contribution < 1.29 is 18.7 Å². The number of nitrogens with one attached hydrogen (secondary N) is 1. The lowest BCUT2D eigenvalue weighted by atomic mass is 10.1. The average Bonchev–Trinajstić information content (AvgIpc) is 2.68. The Kier molecular flexibility index (Phi) is 6.28. The van der Waals surface area contributed by atoms with Gasteiger partial charge in [0.25, 0.3) is 5.91 Å². The van der Waals surface area contributed by atoms with Crippen molar-refractivity contribution in [3.63, 3.8) is 0 Å². The van der Waals surface area contributed by atoms with Gasteiger partial charge < -0.3 is 14.8 Å². The monoisotopic (exact) mass is 477 g/mol. The summed E-state index contributed by atoms with van der Waals surface area (Å²) < 4.78 is 25.1. The van der Waals surface area contributed by atoms with Crippen molar-refractivity contribution in [2.24, 2.45) is 0 Å². The van der Waals surface area contributed by atoms with Gasteiger partial charge in [-0.1, -0.05) is 30.3 Å². The van der Waals surface area contributed by atoms with Crippen LogP contribution in [0.15, 0.2) is 66.7 Å². The van der Waals surface area contributed by atoms with Crippen molar-refractivity contribution in [3.8, 4) is 11.5 Å². The molecule has 0 radical (unpaired) electrons. The first-order valence-corrected chi connectivity index (χ1v) is 9.26. The van der Waals surface area contributed by atoms with E-state index in [2.05, 4.69) is 27.9 Å². The maximum atomic E-state index is 13.0. The molecule has 0 aromatic heterocycles. The minimum absolute atomic E-state index is 0.313. The Morgan fingerprint density at radius 3 is 2.44 bits per heavy atom. The summed E-state index contributed by atoms with van der Waals surface area (Å²) >= 11 is 2.10. The smallest absolute Gasteiger partial charge is 0.255 e. The molecule has 27 heavy (non-hydrogen) atoms. The molecule has 0 saturated carbocycles. The molecule has 0 aliphatic rings. The van der Waals surface area contributed by atoms with E-state index in [0.29, 0.717) is 29.4 Å². The SMILES string of the molecule is COc1c(I)cc(C(=O)Nc2ccc(F)cc2)cc1OCc1ccccc1. The molecule has 0 bridgehead atoms. The van der Waals surface area contributed by atoms with Crippen molar-refractivity contribution in [1.82, 2.24) is 0 Å². The van der Waals surface area contributed by atoms with Gasteiger partial charge in [0.1, 0.15) is 12.4 Å². The van der Waals surface area contributed by atoms with Crippen LogP contribution in [0.3, 0.4) is 0 Å². The number of hydrogen-bond donors (Lipinski definition) is 1. The second-order valence-electron chi connectivity index (χ2n) is 5.72. The van der Waals surface area contributed by atoms with Crippen LogP contribution < -0.4 is 14.8 Å². The van der Waals surface area contributed by atoms with E-state index in [9.17, 15) is 9.18 Å². The first-order valence-electron chi connectivity index (χ1n) is 8.18. The van der Waals surface area contributed by atoms with Gasteiger partial charge in [-0.3, -0.25) is 4.79 Å². The predicted octanol–water partition coefficient (Wildman–Crippen LogP) is 5.27. The Labute approximate surface area is 170 Å². The van der Waals surface area contributed by atoms with Gasteiger partial charge in [0.15, 0.2) is 11.5 Å². The van der Waals surface area contributed by atoms with E-state index in [0.717, 1.165) is 9.13 Å². The number of anilines is 1. The van der Waals surface area contributed by atoms with Crippen LogP contribution in [0.2, 0.25) is 0 Å². The number of hydrogen-bond acceptors (Lipinski definition) is 3. The summed E-state index contributed by atoms with van der Waals surface area (Å²) in [6, 6.07) is 18.7. The Morgan fingerprint density at radius 1 is 1.07 bits per heavy atom. The second kappa shape index (κ2) is 8.85. The van der Waals surface area contributed by atoms with Crippen LogP contribution in [0.1, 0.15) is 15.9 Å². The second-order valence-corrected chi connectivity index (χ2v) is 6.89. The fraction of sp³-hybridized carbons (Fsp3) is 0.0952. The third-order valence-corrected chi connectivity index (χ3v) is 4.62. The number of halogens is 2. The zero-order chi connectivity index (χ0) is 19.2. The van der Waals surface area contributed by atoms with E-state index >= 15 is 0 Å². The molecule has 0 atom stereocenters. The molecule has 0 fully saturated rings. The first kappa shape index (κ1) is 19.2. The highest BCUT2D eigenvalue weighted by atomic mass is 127. The van der Waals surface area contributed by atoms with Gasteiger partial charge >= 0.3 is 0 Å². The lowest BCUT2D eigenvalue weighted by Gasteiger charge is -2.14. The van der Waals surface area contributed by atoms with E-state index in [4.69, 9.17) is 9.47 Å². The summed E-state index contributed by atoms with van der Waals surface area (Å²) in [7, 11) is 1.56. The standard InChI is InChI=1S/C21H17FINO3/c1-26-20-18(23)11-15(21(25)24-17-9-7-16(22)8-10-17)12-19(20)27-13-14-5-3-2-4-6-14/h2-12H,13H2,1H3,(H,24,25). The van der Waals surface area contributed by atoms with Gasteiger partial charge in [0.2, 0.25) is 0 Å². The molecule has 0 unspecified atom stereocenters. The summed E-state index contributed by atoms with van der Waals surface area (Å²) in [6.45, 7) is 0.357. The highest BCUT2D eigenvalue weighted by Crippen LogP contribution is 2.34. The van der Waals surface area contributed by atoms with Gasteiger partial charge in [-0.25, -0.2) is 4.39 Å². The Balaban J connectivity index is 1.82. The van der Waals surface area contributed by atoms with Crippen LogP contribution >= 0.6 is 22.6 Å². The van der Waals surface area contributed by atoms with Gasteiger partial charge in [-0.15, -0.1) is 0 Å². The van der Waals surface area contributed by atoms with Crippen LogP contribution in [-0.4, -0.2) is 13.0 Å². The van der Waals surface area contributed by atoms with E-state index in [1.807, 2.05) is 30.3 Å². The molecule has 1 N–H and O–H groups in total. The van der Waals surface area contributed by atoms with Crippen molar-refractivity contribution in [2.45, 2.75) is 6.61 Å². The number of carbonyl (C=O) groups is 1. The van der Waals surface area contributed by atoms with Crippen molar-refractivity contribution >= 4 is 34.2 Å². The topological polar surface area (TPSA) is 47.6 Å². The molecular weight excluding hydrogens is 460 g/mol. The lowest BCUT2D eigenvalue weighted by Crippen LogP contribution is -2.13. The van der Waals surface area contributed by atoms with Crippen molar-refractivity contribution in [3.05, 3.63) is 87.2 Å². The Bertz CT molecular complexity index is 930. The van der Waals surface area contributed by atoms with E-state index < -0.39 is 0 Å². The molecule has 0 saturated heterocycles. The fourth-order valence-corrected chi connectivity index (χ4v) is 3.30. The molecule has 0 aliphatic heterocycles. The summed E-state index contributed by atoms with van der Waals surface area (Å²) in [4.78, 5) is 12.6. The number of carbonyl (C=O) groups excluding carboxylic acids is 1. The van der Waals surface area contributed by atoms with Gasteiger partial charge in [0, 0.05) is 11.3 Å². The zero-order valence-corrected chi connectivity index (χ0v) is 16.7. The average molecular weight is 477 g/mol. The van der Waals surface area contributed by atoms with Crippen LogP contribution in [0.4, 0.5) is 10.1 Å². The molecule has 1 amide bonds. The third kappa shape index (κ3) is 4.97. The number of ether oxygens (including phenoxy) is 2. The lowest BCUT2D eigenvalue weighted by molar-refractivity contribution is 0.102. The minimum atomic E-state index is -0.358. The van der Waals surface area contributed by atoms with Gasteiger partial charge in [-0.2, -0.15) is 0 Å². The normalized spacial score (nSPS) is 10.3. The van der Waals surface area contributed by atoms with Crippen LogP contribution in [0, 0.1) is 9.39 Å². The maximum absolute atomic E-state index is 13.0. The molecule has 4 nitrogen and oxygen atoms in total. The van der Waals surface area contributed by atoms with Crippen LogP contribution in [-0.2, 0) is 6.61 Å². The van der Waals surface area contributed by atoms with Crippen LogP contribution in [0.25, 0.3) is 0 Å². The zero-order valence-electron chi connectivity index (χ0n) is 14.5. The largest absolute Gasteiger partial charge is 0.492 e. The molecule has 3 aromatic rings. The molecule has 3 rings (SSSR count). The van der Waals surface area contributed by atoms with Gasteiger partial charge in [-0.05, 0) is 64.6 Å². The number of methoxy groups -OCH3 is 1. The molecule has 6 heteroatoms. The highest BCUT2D eigenvalue weighted by molar-refractivity contribution is 14.1. The Morgan fingerprint density at radius 2 is 1.78 bits per heavy atom. The predicted molar refractivity (Wildman–Crippen MR) is 111 cm³/mol. The first-order chi connectivity index (χ1) is 13.1. The number of rotatable bonds is 6. The molecule has 138 valence electrons. The summed E-state index contributed by atoms with van der Waals surface area (Å²) in [5, 5.41) is 2.75. The highest BCUT2D eigenvalue weighted by Gasteiger charge is 2.16. The minimum Gasteiger partial charge on any atom is -0.492 e. The summed E-state index contributed by atoms with van der Waals surface area (Å²) in [5.41, 5.74) is 1.95. The Hall–Kier alpha value is -2.61. The third-order valence-electron chi connectivity index (χ3n) is 3.82. The van der Waals surface area contributed by atoms with Crippen molar-refractivity contribution in [1.29, 1.82) is 0 Å². The fourth-order valence-electron chi connectivity index (χ4n) is 2.48. The molecular formula is C21H17FINO3. The maximum Gasteiger partial charge on any atom is 0.255 e. The number of amides is 1. The molecule has 0 spiro atoms. The molecule has 0 heterocycles. The molecule has 3 aromatic carbocycles. The summed E-state index contributed by atoms with van der Waals surface area (Å²) in [5.74, 6) is 0.387. The van der Waals surface area contributed by atoms with Crippen LogP contribution in [0.5, 0.6) is 11.5 Å². The molecule has 0 aliphatic carbocycles. The summed E-state index contributed by atoms with van der Waals surface area (Å²) in [6.07, 6.45) is 0. The number of benzene rings is 3. The van der Waals surface area contributed by atoms with E-state index in [-0.39, 0.29) is 11.7 Å². The van der Waals surface area contributed by atoms with E-state index in [1.54, 1.807) is 19.2 Å². The van der Waals surface area contributed by atoms with Crippen molar-refractivity contribution in [2.75, 3.05) is 12.4 Å². The van der Waals surface area contributed by atoms with Gasteiger partial charge in [0.05, 0.1) is 10.7 Å². The van der Waals surface area contributed by atoms with E-state index in [1.165, 1.54) is 24.3 Å².